The van der Waals surface area contributed by atoms with Gasteiger partial charge in [-0.05, 0) is 43.0 Å². The molecule has 2 atom stereocenters. The number of hydrogen-bond donors (Lipinski definition) is 1. The van der Waals surface area contributed by atoms with Crippen molar-refractivity contribution in [3.8, 4) is 0 Å². The lowest BCUT2D eigenvalue weighted by atomic mass is 9.83. The minimum atomic E-state index is -0.398. The van der Waals surface area contributed by atoms with Crippen molar-refractivity contribution in [3.63, 3.8) is 0 Å². The van der Waals surface area contributed by atoms with E-state index in [4.69, 9.17) is 0 Å². The van der Waals surface area contributed by atoms with Gasteiger partial charge >= 0.3 is 0 Å². The smallest absolute Gasteiger partial charge is 0.269 e. The zero-order valence-corrected chi connectivity index (χ0v) is 19.6. The number of nitro groups is 1. The normalized spacial score (nSPS) is 21.8. The number of nitro benzene ring substituents is 1. The highest BCUT2D eigenvalue weighted by Gasteiger charge is 2.42. The second kappa shape index (κ2) is 9.99. The first kappa shape index (κ1) is 23.2. The van der Waals surface area contributed by atoms with Gasteiger partial charge in [0, 0.05) is 56.7 Å². The molecule has 4 heterocycles. The van der Waals surface area contributed by atoms with Gasteiger partial charge in [-0.1, -0.05) is 6.07 Å². The molecular formula is C25H30N6O4. The van der Waals surface area contributed by atoms with Crippen LogP contribution in [0.2, 0.25) is 0 Å². The Morgan fingerprint density at radius 3 is 2.69 bits per heavy atom. The fraction of sp³-hybridized carbons (Fsp3) is 0.480. The van der Waals surface area contributed by atoms with Gasteiger partial charge in [0.25, 0.3) is 5.69 Å². The summed E-state index contributed by atoms with van der Waals surface area (Å²) < 4.78 is 0. The molecule has 0 bridgehead atoms. The van der Waals surface area contributed by atoms with Crippen LogP contribution in [0, 0.1) is 16.0 Å². The Labute approximate surface area is 204 Å². The number of aromatic nitrogens is 1. The standard InChI is InChI=1S/C25H30N6O4/c32-24(29-9-3-4-10-29)17-28-11-12-30-22-7-6-20(31(34)35)13-18(22)14-21(23(30)16-28)25(33)27-15-19-5-1-2-8-26-19/h1-2,5-8,13,21,23H,3-4,9-12,14-17H2,(H,27,33)/t21-,23+/m0/s1. The number of likely N-dealkylation sites (tertiary alicyclic amines) is 1. The van der Waals surface area contributed by atoms with Gasteiger partial charge in [0.1, 0.15) is 0 Å². The summed E-state index contributed by atoms with van der Waals surface area (Å²) in [7, 11) is 0. The van der Waals surface area contributed by atoms with Crippen LogP contribution in [0.4, 0.5) is 11.4 Å². The Kier molecular flexibility index (Phi) is 6.63. The molecule has 2 saturated heterocycles. The Balaban J connectivity index is 1.36. The van der Waals surface area contributed by atoms with Crippen LogP contribution in [0.25, 0.3) is 0 Å². The van der Waals surface area contributed by atoms with Crippen molar-refractivity contribution in [2.45, 2.75) is 31.8 Å². The summed E-state index contributed by atoms with van der Waals surface area (Å²) in [5, 5.41) is 14.4. The lowest BCUT2D eigenvalue weighted by Gasteiger charge is -2.49. The molecule has 0 spiro atoms. The quantitative estimate of drug-likeness (QED) is 0.496. The highest BCUT2D eigenvalue weighted by atomic mass is 16.6. The zero-order valence-electron chi connectivity index (χ0n) is 19.6. The number of carbonyl (C=O) groups excluding carboxylic acids is 2. The van der Waals surface area contributed by atoms with Crippen molar-refractivity contribution in [2.75, 3.05) is 44.2 Å². The lowest BCUT2D eigenvalue weighted by Crippen LogP contribution is -2.62. The Morgan fingerprint density at radius 2 is 1.94 bits per heavy atom. The highest BCUT2D eigenvalue weighted by Crippen LogP contribution is 2.38. The molecule has 3 aliphatic rings. The molecule has 2 amide bonds. The van der Waals surface area contributed by atoms with E-state index in [0.717, 1.165) is 42.9 Å². The number of anilines is 1. The maximum Gasteiger partial charge on any atom is 0.269 e. The third-order valence-corrected chi connectivity index (χ3v) is 7.31. The number of non-ortho nitro benzene ring substituents is 1. The van der Waals surface area contributed by atoms with Gasteiger partial charge in [-0.15, -0.1) is 0 Å². The zero-order chi connectivity index (χ0) is 24.4. The lowest BCUT2D eigenvalue weighted by molar-refractivity contribution is -0.384. The van der Waals surface area contributed by atoms with Crippen LogP contribution in [-0.2, 0) is 22.6 Å². The molecule has 184 valence electrons. The Hall–Kier alpha value is -3.53. The topological polar surface area (TPSA) is 112 Å². The first-order valence-corrected chi connectivity index (χ1v) is 12.2. The van der Waals surface area contributed by atoms with E-state index in [-0.39, 0.29) is 23.5 Å². The van der Waals surface area contributed by atoms with Crippen molar-refractivity contribution < 1.29 is 14.5 Å². The van der Waals surface area contributed by atoms with E-state index in [1.807, 2.05) is 23.1 Å². The largest absolute Gasteiger partial charge is 0.365 e. The molecular weight excluding hydrogens is 448 g/mol. The van der Waals surface area contributed by atoms with E-state index in [9.17, 15) is 19.7 Å². The minimum absolute atomic E-state index is 0.0321. The number of pyridine rings is 1. The van der Waals surface area contributed by atoms with E-state index in [2.05, 4.69) is 20.1 Å². The number of benzene rings is 1. The summed E-state index contributed by atoms with van der Waals surface area (Å²) >= 11 is 0. The summed E-state index contributed by atoms with van der Waals surface area (Å²) in [4.78, 5) is 47.7. The van der Waals surface area contributed by atoms with Gasteiger partial charge in [0.05, 0.1) is 35.7 Å². The summed E-state index contributed by atoms with van der Waals surface area (Å²) in [6.07, 6.45) is 4.23. The van der Waals surface area contributed by atoms with Gasteiger partial charge in [0.2, 0.25) is 11.8 Å². The second-order valence-electron chi connectivity index (χ2n) is 9.50. The van der Waals surface area contributed by atoms with Crippen molar-refractivity contribution in [1.82, 2.24) is 20.1 Å². The first-order chi connectivity index (χ1) is 17.0. The molecule has 0 unspecified atom stereocenters. The molecule has 1 aromatic carbocycles. The van der Waals surface area contributed by atoms with Crippen LogP contribution in [-0.4, -0.2) is 76.8 Å². The van der Waals surface area contributed by atoms with Crippen LogP contribution in [0.1, 0.15) is 24.1 Å². The van der Waals surface area contributed by atoms with Gasteiger partial charge < -0.3 is 15.1 Å². The van der Waals surface area contributed by atoms with E-state index in [0.29, 0.717) is 39.1 Å². The first-order valence-electron chi connectivity index (χ1n) is 12.2. The fourth-order valence-corrected chi connectivity index (χ4v) is 5.50. The highest BCUT2D eigenvalue weighted by molar-refractivity contribution is 5.82. The maximum atomic E-state index is 13.4. The number of rotatable bonds is 6. The van der Waals surface area contributed by atoms with Gasteiger partial charge in [-0.2, -0.15) is 0 Å². The number of piperazine rings is 1. The second-order valence-corrected chi connectivity index (χ2v) is 9.50. The summed E-state index contributed by atoms with van der Waals surface area (Å²) in [5.74, 6) is -0.340. The fourth-order valence-electron chi connectivity index (χ4n) is 5.50. The monoisotopic (exact) mass is 478 g/mol. The third kappa shape index (κ3) is 4.97. The van der Waals surface area contributed by atoms with Crippen molar-refractivity contribution >= 4 is 23.2 Å². The van der Waals surface area contributed by atoms with Crippen molar-refractivity contribution in [1.29, 1.82) is 0 Å². The molecule has 5 rings (SSSR count). The number of amides is 2. The molecule has 1 aromatic heterocycles. The van der Waals surface area contributed by atoms with Crippen LogP contribution >= 0.6 is 0 Å². The Morgan fingerprint density at radius 1 is 1.11 bits per heavy atom. The molecule has 0 saturated carbocycles. The minimum Gasteiger partial charge on any atom is -0.365 e. The molecule has 0 radical (unpaired) electrons. The average molecular weight is 479 g/mol. The number of hydrogen-bond acceptors (Lipinski definition) is 7. The molecule has 3 aliphatic heterocycles. The summed E-state index contributed by atoms with van der Waals surface area (Å²) in [6, 6.07) is 10.4. The van der Waals surface area contributed by atoms with E-state index in [1.54, 1.807) is 18.3 Å². The Bertz CT molecular complexity index is 1100. The van der Waals surface area contributed by atoms with E-state index >= 15 is 0 Å². The predicted molar refractivity (Wildman–Crippen MR) is 130 cm³/mol. The molecule has 0 aliphatic carbocycles. The van der Waals surface area contributed by atoms with Crippen LogP contribution in [0.3, 0.4) is 0 Å². The van der Waals surface area contributed by atoms with Crippen LogP contribution < -0.4 is 10.2 Å². The van der Waals surface area contributed by atoms with Gasteiger partial charge in [0.15, 0.2) is 0 Å². The molecule has 10 heteroatoms. The molecule has 1 N–H and O–H groups in total. The average Bonchev–Trinajstić information content (AvgIpc) is 3.42. The SMILES string of the molecule is O=C(NCc1ccccn1)[C@H]1Cc2cc([N+](=O)[O-])ccc2N2CCN(CC(=O)N3CCCC3)C[C@H]12. The maximum absolute atomic E-state index is 13.4. The third-order valence-electron chi connectivity index (χ3n) is 7.31. The molecule has 10 nitrogen and oxygen atoms in total. The van der Waals surface area contributed by atoms with Crippen LogP contribution in [0.15, 0.2) is 42.6 Å². The van der Waals surface area contributed by atoms with E-state index < -0.39 is 10.8 Å². The van der Waals surface area contributed by atoms with Gasteiger partial charge in [-0.25, -0.2) is 0 Å². The van der Waals surface area contributed by atoms with Crippen molar-refractivity contribution in [3.05, 3.63) is 64.0 Å². The predicted octanol–water partition coefficient (Wildman–Crippen LogP) is 1.59. The van der Waals surface area contributed by atoms with Gasteiger partial charge in [-0.3, -0.25) is 29.6 Å². The number of fused-ring (bicyclic) bond motifs is 3. The van der Waals surface area contributed by atoms with E-state index in [1.165, 1.54) is 6.07 Å². The number of nitrogens with one attached hydrogen (secondary N) is 1. The molecule has 2 aromatic rings. The summed E-state index contributed by atoms with van der Waals surface area (Å²) in [5.41, 5.74) is 2.56. The van der Waals surface area contributed by atoms with Crippen molar-refractivity contribution in [2.24, 2.45) is 5.92 Å². The van der Waals surface area contributed by atoms with Crippen LogP contribution in [0.5, 0.6) is 0 Å². The number of carbonyl (C=O) groups is 2. The molecule has 2 fully saturated rings. The summed E-state index contributed by atoms with van der Waals surface area (Å²) in [6.45, 7) is 4.29. The number of nitrogens with zero attached hydrogens (tertiary/aromatic N) is 5. The molecule has 35 heavy (non-hydrogen) atoms.